The van der Waals surface area contributed by atoms with Gasteiger partial charge in [0.1, 0.15) is 5.75 Å². The van der Waals surface area contributed by atoms with Crippen LogP contribution in [0.1, 0.15) is 16.8 Å². The largest absolute Gasteiger partial charge is 1.00 e. The van der Waals surface area contributed by atoms with Crippen LogP contribution in [0.2, 0.25) is 0 Å². The number of rotatable bonds is 5. The molecule has 2 heterocycles. The van der Waals surface area contributed by atoms with Crippen molar-refractivity contribution in [3.05, 3.63) is 41.2 Å². The van der Waals surface area contributed by atoms with Crippen molar-refractivity contribution in [1.82, 2.24) is 15.0 Å². The third-order valence-electron chi connectivity index (χ3n) is 3.82. The Morgan fingerprint density at radius 1 is 1.28 bits per heavy atom. The number of H-pyrrole nitrogens is 1. The molecule has 126 valence electrons. The van der Waals surface area contributed by atoms with Gasteiger partial charge in [0.15, 0.2) is 5.16 Å². The molecule has 8 heteroatoms. The van der Waals surface area contributed by atoms with Gasteiger partial charge < -0.3 is 14.5 Å². The van der Waals surface area contributed by atoms with Crippen molar-refractivity contribution < 1.29 is 43.2 Å². The summed E-state index contributed by atoms with van der Waals surface area (Å²) in [6, 6.07) is 6.45. The Hall–Kier alpha value is -1.41. The summed E-state index contributed by atoms with van der Waals surface area (Å²) in [7, 11) is 1.86. The number of hydrogen-bond donors (Lipinski definition) is 1. The summed E-state index contributed by atoms with van der Waals surface area (Å²) < 4.78 is 23.2. The molecule has 6 nitrogen and oxygen atoms in total. The van der Waals surface area contributed by atoms with E-state index in [0.29, 0.717) is 16.4 Å². The number of aromatic amines is 1. The molecular weight excluding hydrogens is 349 g/mol. The van der Waals surface area contributed by atoms with E-state index < -0.39 is 10.8 Å². The first kappa shape index (κ1) is 19.9. The number of hydrogen-bond acceptors (Lipinski definition) is 5. The Morgan fingerprint density at radius 3 is 2.72 bits per heavy atom. The zero-order valence-corrected chi connectivity index (χ0v) is 17.8. The fourth-order valence-electron chi connectivity index (χ4n) is 2.54. The molecule has 0 radical (unpaired) electrons. The van der Waals surface area contributed by atoms with Gasteiger partial charge >= 0.3 is 29.6 Å². The fourth-order valence-corrected chi connectivity index (χ4v) is 3.64. The molecule has 0 aliphatic carbocycles. The molecule has 0 fully saturated rings. The van der Waals surface area contributed by atoms with Crippen LogP contribution >= 0.6 is 0 Å². The Morgan fingerprint density at radius 2 is 2.04 bits per heavy atom. The zero-order valence-electron chi connectivity index (χ0n) is 15.0. The standard InChI is InChI=1S/C17H18N3O3S.Na/c1-10-8-18-15(11(2)16(10)23-4)9-24(21)17-19-13-6-5-12(22-3)7-14(13)20-17;/h6-8H,9H2,1-4H3,(H,19,20);/q-1;+1. The van der Waals surface area contributed by atoms with Crippen molar-refractivity contribution in [3.8, 4) is 11.5 Å². The maximum absolute atomic E-state index is 12.7. The van der Waals surface area contributed by atoms with E-state index in [4.69, 9.17) is 9.47 Å². The van der Waals surface area contributed by atoms with Gasteiger partial charge in [0, 0.05) is 23.1 Å². The van der Waals surface area contributed by atoms with Crippen LogP contribution in [0.4, 0.5) is 0 Å². The predicted octanol–water partition coefficient (Wildman–Crippen LogP) is -0.296. The number of pyridine rings is 1. The van der Waals surface area contributed by atoms with E-state index in [1.54, 1.807) is 32.5 Å². The third-order valence-corrected chi connectivity index (χ3v) is 4.98. The van der Waals surface area contributed by atoms with Gasteiger partial charge in [-0.25, -0.2) is 0 Å². The molecule has 0 aliphatic rings. The molecule has 3 rings (SSSR count). The maximum atomic E-state index is 12.7. The second-order valence-electron chi connectivity index (χ2n) is 5.38. The molecule has 1 unspecified atom stereocenters. The number of imidazole rings is 1. The van der Waals surface area contributed by atoms with Gasteiger partial charge in [0.2, 0.25) is 0 Å². The van der Waals surface area contributed by atoms with Crippen LogP contribution < -0.4 is 39.0 Å². The average Bonchev–Trinajstić information content (AvgIpc) is 3.01. The van der Waals surface area contributed by atoms with Gasteiger partial charge in [-0.3, -0.25) is 14.2 Å². The van der Waals surface area contributed by atoms with E-state index in [1.165, 1.54) is 0 Å². The van der Waals surface area contributed by atoms with Gasteiger partial charge in [0.05, 0.1) is 36.5 Å². The summed E-state index contributed by atoms with van der Waals surface area (Å²) in [5, 5.41) is 0.410. The topological polar surface area (TPSA) is 77.1 Å². The predicted molar refractivity (Wildman–Crippen MR) is 91.9 cm³/mol. The number of fused-ring (bicyclic) bond motifs is 1. The quantitative estimate of drug-likeness (QED) is 0.495. The van der Waals surface area contributed by atoms with Gasteiger partial charge in [-0.15, -0.1) is 18.2 Å². The first-order chi connectivity index (χ1) is 11.5. The summed E-state index contributed by atoms with van der Waals surface area (Å²) in [5.74, 6) is 1.65. The van der Waals surface area contributed by atoms with Crippen molar-refractivity contribution in [2.24, 2.45) is 0 Å². The Balaban J connectivity index is 0.00000225. The first-order valence-electron chi connectivity index (χ1n) is 7.36. The van der Waals surface area contributed by atoms with Gasteiger partial charge in [-0.1, -0.05) is 0 Å². The number of nitrogens with zero attached hydrogens (tertiary/aromatic N) is 2. The molecule has 0 aliphatic heterocycles. The van der Waals surface area contributed by atoms with Crippen molar-refractivity contribution in [2.75, 3.05) is 14.2 Å². The van der Waals surface area contributed by atoms with Crippen LogP contribution in [0.15, 0.2) is 23.5 Å². The smallest absolute Gasteiger partial charge is 0.523 e. The van der Waals surface area contributed by atoms with Crippen LogP contribution in [-0.2, 0) is 16.6 Å². The summed E-state index contributed by atoms with van der Waals surface area (Å²) in [4.78, 5) is 11.8. The number of nitrogens with one attached hydrogen (secondary N) is 1. The summed E-state index contributed by atoms with van der Waals surface area (Å²) >= 11 is 0. The molecule has 1 aromatic carbocycles. The second kappa shape index (κ2) is 8.31. The molecule has 3 aromatic rings. The molecule has 25 heavy (non-hydrogen) atoms. The Labute approximate surface area is 171 Å². The summed E-state index contributed by atoms with van der Waals surface area (Å²) in [6.07, 6.45) is 1.73. The van der Waals surface area contributed by atoms with E-state index in [9.17, 15) is 4.21 Å². The number of aromatic nitrogens is 3. The Kier molecular flexibility index (Phi) is 6.62. The van der Waals surface area contributed by atoms with Crippen LogP contribution in [0.3, 0.4) is 0 Å². The number of aryl methyl sites for hydroxylation is 1. The van der Waals surface area contributed by atoms with Crippen LogP contribution in [0, 0.1) is 19.9 Å². The zero-order chi connectivity index (χ0) is 17.3. The van der Waals surface area contributed by atoms with E-state index in [-0.39, 0.29) is 35.3 Å². The molecular formula is C17H18N3NaO3S. The second-order valence-corrected chi connectivity index (χ2v) is 6.74. The number of benzene rings is 1. The number of methoxy groups -OCH3 is 2. The van der Waals surface area contributed by atoms with Crippen LogP contribution in [0.5, 0.6) is 11.5 Å². The molecule has 1 N–H and O–H groups in total. The van der Waals surface area contributed by atoms with Crippen LogP contribution in [-0.4, -0.2) is 33.4 Å². The number of ether oxygens (including phenoxy) is 2. The minimum absolute atomic E-state index is 0. The molecule has 0 bridgehead atoms. The fraction of sp³-hybridized carbons (Fsp3) is 0.294. The van der Waals surface area contributed by atoms with Gasteiger partial charge in [-0.2, -0.15) is 0 Å². The molecule has 0 saturated heterocycles. The Bertz CT molecular complexity index is 927. The summed E-state index contributed by atoms with van der Waals surface area (Å²) in [5.41, 5.74) is 4.05. The van der Waals surface area contributed by atoms with E-state index in [1.807, 2.05) is 13.8 Å². The molecule has 0 spiro atoms. The molecule has 0 saturated carbocycles. The monoisotopic (exact) mass is 367 g/mol. The van der Waals surface area contributed by atoms with E-state index in [0.717, 1.165) is 28.1 Å². The molecule has 1 atom stereocenters. The van der Waals surface area contributed by atoms with Crippen LogP contribution in [0.25, 0.3) is 11.0 Å². The minimum atomic E-state index is -1.34. The first-order valence-corrected chi connectivity index (χ1v) is 8.68. The molecule has 0 amide bonds. The van der Waals surface area contributed by atoms with E-state index >= 15 is 0 Å². The van der Waals surface area contributed by atoms with Gasteiger partial charge in [-0.05, 0) is 24.9 Å². The van der Waals surface area contributed by atoms with Crippen molar-refractivity contribution in [2.45, 2.75) is 24.8 Å². The SMILES string of the molecule is COc1[c-]cc2nc(S(=O)Cc3ncc(C)c(OC)c3C)[nH]c2c1.[Na+]. The third kappa shape index (κ3) is 4.06. The normalized spacial score (nSPS) is 11.8. The maximum Gasteiger partial charge on any atom is 1.00 e. The van der Waals surface area contributed by atoms with E-state index in [2.05, 4.69) is 21.0 Å². The summed E-state index contributed by atoms with van der Waals surface area (Å²) in [6.45, 7) is 3.85. The van der Waals surface area contributed by atoms with Crippen molar-refractivity contribution >= 4 is 21.8 Å². The van der Waals surface area contributed by atoms with Crippen molar-refractivity contribution in [1.29, 1.82) is 0 Å². The minimum Gasteiger partial charge on any atom is -0.523 e. The van der Waals surface area contributed by atoms with Crippen molar-refractivity contribution in [3.63, 3.8) is 0 Å². The average molecular weight is 367 g/mol. The molecule has 2 aromatic heterocycles. The van der Waals surface area contributed by atoms with Gasteiger partial charge in [0.25, 0.3) is 0 Å².